The molecule has 2 heteroatoms. The summed E-state index contributed by atoms with van der Waals surface area (Å²) in [6.07, 6.45) is 0. The molecule has 0 fully saturated rings. The van der Waals surface area contributed by atoms with E-state index in [1.54, 1.807) is 0 Å². The standard InChI is InChI=1S/C8H10BrN/c1-6-3-4-8(10-9)5-7(6)2/h3-5,10H,1-2H3. The minimum atomic E-state index is 1.10. The second kappa shape index (κ2) is 3.06. The van der Waals surface area contributed by atoms with Crippen LogP contribution in [0.15, 0.2) is 18.2 Å². The molecule has 1 aromatic carbocycles. The van der Waals surface area contributed by atoms with Crippen LogP contribution in [-0.4, -0.2) is 0 Å². The van der Waals surface area contributed by atoms with Gasteiger partial charge < -0.3 is 4.34 Å². The fourth-order valence-electron chi connectivity index (χ4n) is 0.800. The van der Waals surface area contributed by atoms with E-state index in [1.165, 1.54) is 11.1 Å². The molecule has 0 aliphatic heterocycles. The fraction of sp³-hybridized carbons (Fsp3) is 0.250. The monoisotopic (exact) mass is 199 g/mol. The normalized spacial score (nSPS) is 9.50. The summed E-state index contributed by atoms with van der Waals surface area (Å²) in [5.74, 6) is 0. The van der Waals surface area contributed by atoms with Crippen molar-refractivity contribution in [1.82, 2.24) is 0 Å². The summed E-state index contributed by atoms with van der Waals surface area (Å²) in [4.78, 5) is 0. The zero-order chi connectivity index (χ0) is 7.56. The maximum atomic E-state index is 3.17. The maximum absolute atomic E-state index is 3.17. The minimum Gasteiger partial charge on any atom is -0.322 e. The Morgan fingerprint density at radius 2 is 1.90 bits per heavy atom. The first kappa shape index (κ1) is 7.61. The Bertz CT molecular complexity index is 233. The van der Waals surface area contributed by atoms with Crippen LogP contribution in [0.3, 0.4) is 0 Å². The van der Waals surface area contributed by atoms with Gasteiger partial charge in [0.15, 0.2) is 0 Å². The Labute approximate surface area is 69.8 Å². The van der Waals surface area contributed by atoms with E-state index in [0.717, 1.165) is 5.69 Å². The quantitative estimate of drug-likeness (QED) is 0.687. The molecular formula is C8H10BrN. The van der Waals surface area contributed by atoms with E-state index in [0.29, 0.717) is 0 Å². The Balaban J connectivity index is 3.04. The lowest BCUT2D eigenvalue weighted by Crippen LogP contribution is -1.83. The van der Waals surface area contributed by atoms with Gasteiger partial charge >= 0.3 is 0 Å². The average Bonchev–Trinajstić information content (AvgIpc) is 1.95. The third kappa shape index (κ3) is 1.51. The van der Waals surface area contributed by atoms with Gasteiger partial charge in [0.05, 0.1) is 0 Å². The van der Waals surface area contributed by atoms with Crippen LogP contribution in [0.1, 0.15) is 11.1 Å². The van der Waals surface area contributed by atoms with Gasteiger partial charge in [0.25, 0.3) is 0 Å². The van der Waals surface area contributed by atoms with E-state index in [1.807, 2.05) is 6.07 Å². The highest BCUT2D eigenvalue weighted by molar-refractivity contribution is 9.10. The van der Waals surface area contributed by atoms with Crippen molar-refractivity contribution < 1.29 is 0 Å². The molecule has 1 aromatic rings. The zero-order valence-corrected chi connectivity index (χ0v) is 7.70. The van der Waals surface area contributed by atoms with E-state index in [4.69, 9.17) is 0 Å². The molecule has 1 nitrogen and oxygen atoms in total. The van der Waals surface area contributed by atoms with Crippen molar-refractivity contribution in [2.75, 3.05) is 4.34 Å². The molecule has 0 bridgehead atoms. The number of hydrogen-bond acceptors (Lipinski definition) is 1. The molecule has 1 rings (SSSR count). The van der Waals surface area contributed by atoms with E-state index in [2.05, 4.69) is 46.5 Å². The number of anilines is 1. The SMILES string of the molecule is Cc1ccc(NBr)cc1C. The molecule has 10 heavy (non-hydrogen) atoms. The summed E-state index contributed by atoms with van der Waals surface area (Å²) in [5, 5.41) is 0. The minimum absolute atomic E-state index is 1.10. The van der Waals surface area contributed by atoms with Crippen molar-refractivity contribution >= 4 is 21.8 Å². The molecule has 0 amide bonds. The van der Waals surface area contributed by atoms with Crippen LogP contribution in [0, 0.1) is 13.8 Å². The molecule has 0 saturated carbocycles. The molecule has 0 unspecified atom stereocenters. The molecule has 0 aliphatic carbocycles. The molecule has 0 saturated heterocycles. The number of nitrogens with one attached hydrogen (secondary N) is 1. The smallest absolute Gasteiger partial charge is 0.0465 e. The summed E-state index contributed by atoms with van der Waals surface area (Å²) in [5.41, 5.74) is 3.74. The van der Waals surface area contributed by atoms with E-state index < -0.39 is 0 Å². The first-order chi connectivity index (χ1) is 4.74. The van der Waals surface area contributed by atoms with Gasteiger partial charge in [0.2, 0.25) is 0 Å². The number of halogens is 1. The van der Waals surface area contributed by atoms with Gasteiger partial charge in [-0.15, -0.1) is 0 Å². The van der Waals surface area contributed by atoms with Gasteiger partial charge in [-0.3, -0.25) is 0 Å². The van der Waals surface area contributed by atoms with Gasteiger partial charge in [-0.05, 0) is 37.1 Å². The highest BCUT2D eigenvalue weighted by Crippen LogP contribution is 2.14. The van der Waals surface area contributed by atoms with Crippen LogP contribution in [0.2, 0.25) is 0 Å². The second-order valence-corrected chi connectivity index (χ2v) is 2.79. The van der Waals surface area contributed by atoms with Gasteiger partial charge in [0.1, 0.15) is 0 Å². The van der Waals surface area contributed by atoms with Crippen molar-refractivity contribution in [3.05, 3.63) is 29.3 Å². The number of rotatable bonds is 1. The van der Waals surface area contributed by atoms with Crippen LogP contribution >= 0.6 is 16.1 Å². The number of benzene rings is 1. The van der Waals surface area contributed by atoms with Gasteiger partial charge in [-0.2, -0.15) is 0 Å². The van der Waals surface area contributed by atoms with Crippen molar-refractivity contribution in [3.63, 3.8) is 0 Å². The predicted octanol–water partition coefficient (Wildman–Crippen LogP) is 3.03. The molecule has 0 aliphatic rings. The molecular weight excluding hydrogens is 190 g/mol. The second-order valence-electron chi connectivity index (χ2n) is 2.39. The molecule has 0 spiro atoms. The van der Waals surface area contributed by atoms with Crippen molar-refractivity contribution in [2.45, 2.75) is 13.8 Å². The Morgan fingerprint density at radius 3 is 2.40 bits per heavy atom. The summed E-state index contributed by atoms with van der Waals surface area (Å²) >= 11 is 3.17. The topological polar surface area (TPSA) is 12.0 Å². The highest BCUT2D eigenvalue weighted by atomic mass is 79.9. The summed E-state index contributed by atoms with van der Waals surface area (Å²) in [6, 6.07) is 6.24. The van der Waals surface area contributed by atoms with Gasteiger partial charge in [0, 0.05) is 21.8 Å². The summed E-state index contributed by atoms with van der Waals surface area (Å²) in [6.45, 7) is 4.20. The van der Waals surface area contributed by atoms with E-state index in [9.17, 15) is 0 Å². The Kier molecular flexibility index (Phi) is 2.33. The maximum Gasteiger partial charge on any atom is 0.0465 e. The fourth-order valence-corrected chi connectivity index (χ4v) is 1.05. The van der Waals surface area contributed by atoms with Gasteiger partial charge in [-0.1, -0.05) is 6.07 Å². The molecule has 0 aromatic heterocycles. The largest absolute Gasteiger partial charge is 0.322 e. The third-order valence-electron chi connectivity index (χ3n) is 1.62. The lowest BCUT2D eigenvalue weighted by molar-refractivity contribution is 1.34. The Hall–Kier alpha value is -0.500. The number of hydrogen-bond donors (Lipinski definition) is 1. The summed E-state index contributed by atoms with van der Waals surface area (Å²) in [7, 11) is 0. The van der Waals surface area contributed by atoms with Crippen LogP contribution < -0.4 is 4.34 Å². The average molecular weight is 200 g/mol. The van der Waals surface area contributed by atoms with Crippen LogP contribution in [0.4, 0.5) is 5.69 Å². The predicted molar refractivity (Wildman–Crippen MR) is 48.5 cm³/mol. The van der Waals surface area contributed by atoms with Crippen LogP contribution in [0.5, 0.6) is 0 Å². The van der Waals surface area contributed by atoms with Gasteiger partial charge in [-0.25, -0.2) is 0 Å². The van der Waals surface area contributed by atoms with E-state index >= 15 is 0 Å². The third-order valence-corrected chi connectivity index (χ3v) is 2.07. The zero-order valence-electron chi connectivity index (χ0n) is 6.11. The first-order valence-electron chi connectivity index (χ1n) is 3.18. The van der Waals surface area contributed by atoms with Crippen LogP contribution in [0.25, 0.3) is 0 Å². The number of aryl methyl sites for hydroxylation is 2. The van der Waals surface area contributed by atoms with Crippen molar-refractivity contribution in [2.24, 2.45) is 0 Å². The highest BCUT2D eigenvalue weighted by Gasteiger charge is 1.92. The molecule has 54 valence electrons. The molecule has 1 N–H and O–H groups in total. The molecule has 0 atom stereocenters. The first-order valence-corrected chi connectivity index (χ1v) is 3.97. The van der Waals surface area contributed by atoms with Crippen LogP contribution in [-0.2, 0) is 0 Å². The van der Waals surface area contributed by atoms with Crippen molar-refractivity contribution in [3.8, 4) is 0 Å². The molecule has 0 radical (unpaired) electrons. The molecule has 0 heterocycles. The Morgan fingerprint density at radius 1 is 1.20 bits per heavy atom. The van der Waals surface area contributed by atoms with E-state index in [-0.39, 0.29) is 0 Å². The summed E-state index contributed by atoms with van der Waals surface area (Å²) < 4.78 is 2.91. The van der Waals surface area contributed by atoms with Crippen molar-refractivity contribution in [1.29, 1.82) is 0 Å². The lowest BCUT2D eigenvalue weighted by Gasteiger charge is -2.01. The lowest BCUT2D eigenvalue weighted by atomic mass is 10.1.